The number of allylic oxidation sites excluding steroid dienone is 19. The standard InChI is InChI=1S/C58H96NO8P/c1-6-8-10-12-14-16-18-20-22-23-24-25-26-27-28-29-30-31-32-33-34-35-37-39-41-43-45-47-49-51-58(61)67-56(55-66-68(62,63)65-53-52-59(3,4)5)54-64-57(60)50-48-46-44-42-40-38-36-21-19-17-15-13-11-9-7-2/h8-11,14-17,20-22,24-25,27-28,36,40,42,46,48,56H,6-7,12-13,18-19,23,26,29-35,37-39,41,43-45,47,49-55H2,1-5H3/b10-8-,11-9-,16-14-,17-15-,22-20-,25-24-,28-27-,36-21-,42-40-,48-46-. The van der Waals surface area contributed by atoms with Crippen LogP contribution < -0.4 is 4.89 Å². The first-order valence-electron chi connectivity index (χ1n) is 26.2. The number of nitrogens with zero attached hydrogens (tertiary/aromatic N) is 1. The van der Waals surface area contributed by atoms with Gasteiger partial charge < -0.3 is 27.9 Å². The van der Waals surface area contributed by atoms with E-state index in [9.17, 15) is 19.0 Å². The van der Waals surface area contributed by atoms with Crippen LogP contribution in [-0.2, 0) is 32.7 Å². The number of hydrogen-bond donors (Lipinski definition) is 0. The van der Waals surface area contributed by atoms with Crippen molar-refractivity contribution in [3.8, 4) is 0 Å². The Kier molecular flexibility index (Phi) is 45.9. The van der Waals surface area contributed by atoms with Crippen molar-refractivity contribution in [2.75, 3.05) is 47.5 Å². The zero-order valence-corrected chi connectivity index (χ0v) is 44.4. The molecule has 0 fully saturated rings. The van der Waals surface area contributed by atoms with Crippen molar-refractivity contribution in [2.45, 2.75) is 187 Å². The Hall–Kier alpha value is -3.59. The maximum atomic E-state index is 12.8. The van der Waals surface area contributed by atoms with E-state index in [2.05, 4.69) is 117 Å². The molecule has 0 aromatic rings. The third kappa shape index (κ3) is 51.8. The van der Waals surface area contributed by atoms with E-state index in [-0.39, 0.29) is 26.1 Å². The van der Waals surface area contributed by atoms with Gasteiger partial charge in [0.15, 0.2) is 6.10 Å². The molecule has 0 heterocycles. The van der Waals surface area contributed by atoms with E-state index < -0.39 is 32.5 Å². The van der Waals surface area contributed by atoms with E-state index in [4.69, 9.17) is 18.5 Å². The number of esters is 2. The third-order valence-corrected chi connectivity index (χ3v) is 11.5. The van der Waals surface area contributed by atoms with Gasteiger partial charge in [0.2, 0.25) is 0 Å². The number of ether oxygens (including phenoxy) is 2. The van der Waals surface area contributed by atoms with Crippen LogP contribution in [0.3, 0.4) is 0 Å². The van der Waals surface area contributed by atoms with Crippen LogP contribution >= 0.6 is 7.82 Å². The molecule has 0 amide bonds. The third-order valence-electron chi connectivity index (χ3n) is 10.5. The Morgan fingerprint density at radius 3 is 1.25 bits per heavy atom. The number of phosphoric acid groups is 1. The number of likely N-dealkylation sites (N-methyl/N-ethyl adjacent to an activating group) is 1. The van der Waals surface area contributed by atoms with E-state index in [1.54, 1.807) is 6.08 Å². The van der Waals surface area contributed by atoms with E-state index in [1.165, 1.54) is 64.2 Å². The van der Waals surface area contributed by atoms with E-state index in [0.717, 1.165) is 77.0 Å². The summed E-state index contributed by atoms with van der Waals surface area (Å²) in [7, 11) is 1.10. The molecule has 0 radical (unpaired) electrons. The van der Waals surface area contributed by atoms with Crippen LogP contribution in [-0.4, -0.2) is 70.0 Å². The molecule has 0 saturated carbocycles. The number of quaternary nitrogens is 1. The van der Waals surface area contributed by atoms with E-state index in [0.29, 0.717) is 23.9 Å². The van der Waals surface area contributed by atoms with Gasteiger partial charge in [-0.2, -0.15) is 0 Å². The van der Waals surface area contributed by atoms with Crippen molar-refractivity contribution >= 4 is 19.8 Å². The molecular formula is C58H96NO8P. The lowest BCUT2D eigenvalue weighted by Gasteiger charge is -2.28. The van der Waals surface area contributed by atoms with Gasteiger partial charge in [-0.05, 0) is 83.5 Å². The summed E-state index contributed by atoms with van der Waals surface area (Å²) in [5, 5.41) is 0. The number of hydrogen-bond acceptors (Lipinski definition) is 8. The Balaban J connectivity index is 4.25. The highest BCUT2D eigenvalue weighted by Crippen LogP contribution is 2.38. The van der Waals surface area contributed by atoms with Crippen LogP contribution in [0.1, 0.15) is 181 Å². The lowest BCUT2D eigenvalue weighted by molar-refractivity contribution is -0.870. The highest BCUT2D eigenvalue weighted by molar-refractivity contribution is 7.45. The Morgan fingerprint density at radius 1 is 0.471 bits per heavy atom. The molecule has 0 spiro atoms. The minimum absolute atomic E-state index is 0.0384. The molecule has 0 aliphatic rings. The van der Waals surface area contributed by atoms with Crippen LogP contribution in [0.5, 0.6) is 0 Å². The molecule has 0 saturated heterocycles. The van der Waals surface area contributed by atoms with Gasteiger partial charge in [0.05, 0.1) is 34.2 Å². The second-order valence-corrected chi connectivity index (χ2v) is 19.6. The first-order valence-corrected chi connectivity index (χ1v) is 27.7. The molecule has 0 aliphatic heterocycles. The summed E-state index contributed by atoms with van der Waals surface area (Å²) in [5.74, 6) is -0.992. The molecule has 9 nitrogen and oxygen atoms in total. The van der Waals surface area contributed by atoms with Crippen LogP contribution in [0.15, 0.2) is 122 Å². The molecule has 0 rings (SSSR count). The SMILES string of the molecule is CC/C=C\C/C=C\C/C=C\C/C=C\C/C=C\CCCCCCCCCCCCCCCC(=O)OC(COC(=O)C/C=C\C/C=C\C/C=C\C/C=C\C/C=C\CC)COP(=O)([O-])OCC[N+](C)(C)C. The van der Waals surface area contributed by atoms with Crippen LogP contribution in [0.2, 0.25) is 0 Å². The molecule has 2 unspecified atom stereocenters. The summed E-state index contributed by atoms with van der Waals surface area (Å²) in [4.78, 5) is 37.6. The smallest absolute Gasteiger partial charge is 0.309 e. The number of carbonyl (C=O) groups excluding carboxylic acids is 2. The molecule has 68 heavy (non-hydrogen) atoms. The highest BCUT2D eigenvalue weighted by Gasteiger charge is 2.21. The summed E-state index contributed by atoms with van der Waals surface area (Å²) in [5.41, 5.74) is 0. The minimum atomic E-state index is -4.66. The van der Waals surface area contributed by atoms with Gasteiger partial charge in [0.25, 0.3) is 7.82 Å². The topological polar surface area (TPSA) is 111 Å². The van der Waals surface area contributed by atoms with Gasteiger partial charge in [-0.25, -0.2) is 0 Å². The molecule has 386 valence electrons. The zero-order valence-electron chi connectivity index (χ0n) is 43.5. The lowest BCUT2D eigenvalue weighted by atomic mass is 10.0. The second-order valence-electron chi connectivity index (χ2n) is 18.1. The van der Waals surface area contributed by atoms with Crippen molar-refractivity contribution < 1.29 is 42.1 Å². The quantitative estimate of drug-likeness (QED) is 0.0195. The normalized spacial score (nSPS) is 14.4. The molecule has 2 atom stereocenters. The molecule has 10 heteroatoms. The fraction of sp³-hybridized carbons (Fsp3) is 0.621. The van der Waals surface area contributed by atoms with Crippen molar-refractivity contribution in [1.29, 1.82) is 0 Å². The lowest BCUT2D eigenvalue weighted by Crippen LogP contribution is -2.37. The molecule has 0 aromatic heterocycles. The Labute approximate surface area is 416 Å². The Bertz CT molecular complexity index is 1560. The zero-order chi connectivity index (χ0) is 49.9. The molecular weight excluding hydrogens is 870 g/mol. The number of unbranched alkanes of at least 4 members (excludes halogenated alkanes) is 13. The second kappa shape index (κ2) is 48.4. The fourth-order valence-electron chi connectivity index (χ4n) is 6.52. The van der Waals surface area contributed by atoms with E-state index in [1.807, 2.05) is 33.3 Å². The minimum Gasteiger partial charge on any atom is -0.756 e. The van der Waals surface area contributed by atoms with Gasteiger partial charge in [-0.15, -0.1) is 0 Å². The largest absolute Gasteiger partial charge is 0.756 e. The van der Waals surface area contributed by atoms with Gasteiger partial charge in [-0.3, -0.25) is 14.2 Å². The van der Waals surface area contributed by atoms with Crippen molar-refractivity contribution in [3.05, 3.63) is 122 Å². The first-order chi connectivity index (χ1) is 33.0. The summed E-state index contributed by atoms with van der Waals surface area (Å²) < 4.78 is 33.9. The van der Waals surface area contributed by atoms with Crippen molar-refractivity contribution in [3.63, 3.8) is 0 Å². The number of rotatable bonds is 46. The van der Waals surface area contributed by atoms with Crippen LogP contribution in [0.25, 0.3) is 0 Å². The van der Waals surface area contributed by atoms with Gasteiger partial charge in [-0.1, -0.05) is 206 Å². The van der Waals surface area contributed by atoms with Crippen LogP contribution in [0.4, 0.5) is 0 Å². The Morgan fingerprint density at radius 2 is 0.838 bits per heavy atom. The van der Waals surface area contributed by atoms with E-state index >= 15 is 0 Å². The predicted octanol–water partition coefficient (Wildman–Crippen LogP) is 15.4. The molecule has 0 aromatic carbocycles. The average molecular weight is 966 g/mol. The maximum Gasteiger partial charge on any atom is 0.309 e. The summed E-state index contributed by atoms with van der Waals surface area (Å²) in [6.45, 7) is 3.87. The molecule has 0 aliphatic carbocycles. The molecule has 0 N–H and O–H groups in total. The number of phosphoric ester groups is 1. The highest BCUT2D eigenvalue weighted by atomic mass is 31.2. The van der Waals surface area contributed by atoms with Crippen LogP contribution in [0, 0.1) is 0 Å². The van der Waals surface area contributed by atoms with Crippen molar-refractivity contribution in [2.24, 2.45) is 0 Å². The van der Waals surface area contributed by atoms with Gasteiger partial charge in [0, 0.05) is 6.42 Å². The van der Waals surface area contributed by atoms with Gasteiger partial charge in [0.1, 0.15) is 19.8 Å². The predicted molar refractivity (Wildman–Crippen MR) is 286 cm³/mol. The maximum absolute atomic E-state index is 12.8. The first kappa shape index (κ1) is 64.4. The summed E-state index contributed by atoms with van der Waals surface area (Å²) in [6, 6.07) is 0. The number of carbonyl (C=O) groups is 2. The monoisotopic (exact) mass is 966 g/mol. The average Bonchev–Trinajstić information content (AvgIpc) is 3.30. The fourth-order valence-corrected chi connectivity index (χ4v) is 7.25. The van der Waals surface area contributed by atoms with Crippen molar-refractivity contribution in [1.82, 2.24) is 0 Å². The summed E-state index contributed by atoms with van der Waals surface area (Å²) in [6.07, 6.45) is 68.4. The molecule has 0 bridgehead atoms. The van der Waals surface area contributed by atoms with Gasteiger partial charge >= 0.3 is 11.9 Å². The summed E-state index contributed by atoms with van der Waals surface area (Å²) >= 11 is 0.